The van der Waals surface area contributed by atoms with Crippen molar-refractivity contribution in [2.24, 2.45) is 16.6 Å². The molecule has 0 saturated carbocycles. The van der Waals surface area contributed by atoms with Crippen LogP contribution in [0.2, 0.25) is 0 Å². The number of nitrogens with two attached hydrogens (primary N) is 1. The number of aromatic nitrogens is 1. The second-order valence-electron chi connectivity index (χ2n) is 6.84. The van der Waals surface area contributed by atoms with E-state index in [2.05, 4.69) is 15.3 Å². The maximum absolute atomic E-state index is 14.8. The van der Waals surface area contributed by atoms with Crippen LogP contribution in [0.1, 0.15) is 22.5 Å². The van der Waals surface area contributed by atoms with Crippen LogP contribution in [0.5, 0.6) is 0 Å². The molecule has 3 N–H and O–H groups in total. The van der Waals surface area contributed by atoms with Crippen LogP contribution in [0.25, 0.3) is 0 Å². The van der Waals surface area contributed by atoms with Crippen LogP contribution in [0.3, 0.4) is 0 Å². The Balaban J connectivity index is 1.69. The summed E-state index contributed by atoms with van der Waals surface area (Å²) in [6.45, 7) is 0.823. The van der Waals surface area contributed by atoms with E-state index in [0.717, 1.165) is 6.20 Å². The zero-order valence-electron chi connectivity index (χ0n) is 15.1. The highest BCUT2D eigenvalue weighted by Crippen LogP contribution is 2.46. The average Bonchev–Trinajstić information content (AvgIpc) is 2.69. The second-order valence-corrected chi connectivity index (χ2v) is 7.88. The standard InChI is InChI=1S/C19H17F3N4O2S/c20-11-5-15(22)16(24-7-11)17(27)25-12-1-2-14(21)13(6-12)19-3-4-28-8-10(19)9-29-18(23)26-19/h1-2,5-7,10H,3-4,8-9H2,(H2,23,26)(H,25,27). The summed E-state index contributed by atoms with van der Waals surface area (Å²) in [5, 5.41) is 2.85. The summed E-state index contributed by atoms with van der Waals surface area (Å²) in [7, 11) is 0. The summed E-state index contributed by atoms with van der Waals surface area (Å²) in [4.78, 5) is 20.4. The first kappa shape index (κ1) is 19.7. The Morgan fingerprint density at radius 2 is 2.10 bits per heavy atom. The van der Waals surface area contributed by atoms with Crippen molar-refractivity contribution in [1.29, 1.82) is 0 Å². The molecule has 0 bridgehead atoms. The number of carbonyl (C=O) groups excluding carboxylic acids is 1. The van der Waals surface area contributed by atoms with Gasteiger partial charge >= 0.3 is 0 Å². The summed E-state index contributed by atoms with van der Waals surface area (Å²) in [5.41, 5.74) is 5.02. The number of aliphatic imine (C=N–C) groups is 1. The molecule has 29 heavy (non-hydrogen) atoms. The first-order chi connectivity index (χ1) is 13.9. The molecule has 2 atom stereocenters. The third-order valence-electron chi connectivity index (χ3n) is 5.08. The van der Waals surface area contributed by atoms with Crippen molar-refractivity contribution in [1.82, 2.24) is 4.98 Å². The van der Waals surface area contributed by atoms with E-state index in [1.165, 1.54) is 30.0 Å². The highest BCUT2D eigenvalue weighted by Gasteiger charge is 2.47. The van der Waals surface area contributed by atoms with Crippen molar-refractivity contribution in [3.8, 4) is 0 Å². The Kier molecular flexibility index (Phi) is 5.22. The van der Waals surface area contributed by atoms with Gasteiger partial charge in [-0.3, -0.25) is 9.79 Å². The summed E-state index contributed by atoms with van der Waals surface area (Å²) in [6.07, 6.45) is 1.19. The number of halogens is 3. The molecule has 0 radical (unpaired) electrons. The Hall–Kier alpha value is -2.59. The Morgan fingerprint density at radius 3 is 2.90 bits per heavy atom. The fourth-order valence-electron chi connectivity index (χ4n) is 3.66. The molecule has 0 aliphatic carbocycles. The van der Waals surface area contributed by atoms with Gasteiger partial charge in [0, 0.05) is 42.0 Å². The number of rotatable bonds is 3. The Labute approximate surface area is 168 Å². The van der Waals surface area contributed by atoms with E-state index in [4.69, 9.17) is 10.5 Å². The lowest BCUT2D eigenvalue weighted by Gasteiger charge is -2.44. The van der Waals surface area contributed by atoms with Gasteiger partial charge in [0.15, 0.2) is 16.7 Å². The van der Waals surface area contributed by atoms with Crippen LogP contribution in [0.15, 0.2) is 35.5 Å². The minimum atomic E-state index is -1.09. The van der Waals surface area contributed by atoms with Crippen molar-refractivity contribution in [3.63, 3.8) is 0 Å². The normalized spacial score (nSPS) is 23.8. The topological polar surface area (TPSA) is 89.6 Å². The van der Waals surface area contributed by atoms with Gasteiger partial charge in [-0.25, -0.2) is 18.2 Å². The van der Waals surface area contributed by atoms with Gasteiger partial charge in [0.25, 0.3) is 5.91 Å². The number of benzene rings is 1. The molecular formula is C19H17F3N4O2S. The van der Waals surface area contributed by atoms with Gasteiger partial charge < -0.3 is 15.8 Å². The lowest BCUT2D eigenvalue weighted by Crippen LogP contribution is -2.47. The minimum Gasteiger partial charge on any atom is -0.381 e. The molecule has 3 heterocycles. The predicted molar refractivity (Wildman–Crippen MR) is 103 cm³/mol. The summed E-state index contributed by atoms with van der Waals surface area (Å²) in [6, 6.07) is 4.61. The molecule has 10 heteroatoms. The SMILES string of the molecule is NC1=NC2(c3cc(NC(=O)c4ncc(F)cc4F)ccc3F)CCOCC2CS1. The number of hydrogen-bond donors (Lipinski definition) is 2. The lowest BCUT2D eigenvalue weighted by molar-refractivity contribution is 0.00886. The second kappa shape index (κ2) is 7.68. The van der Waals surface area contributed by atoms with Crippen molar-refractivity contribution < 1.29 is 22.7 Å². The van der Waals surface area contributed by atoms with Gasteiger partial charge in [-0.05, 0) is 18.2 Å². The highest BCUT2D eigenvalue weighted by atomic mass is 32.2. The van der Waals surface area contributed by atoms with E-state index in [1.807, 2.05) is 0 Å². The van der Waals surface area contributed by atoms with Gasteiger partial charge in [-0.2, -0.15) is 0 Å². The van der Waals surface area contributed by atoms with Crippen LogP contribution >= 0.6 is 11.8 Å². The highest BCUT2D eigenvalue weighted by molar-refractivity contribution is 8.13. The third-order valence-corrected chi connectivity index (χ3v) is 6.03. The van der Waals surface area contributed by atoms with E-state index in [9.17, 15) is 18.0 Å². The van der Waals surface area contributed by atoms with Crippen molar-refractivity contribution >= 4 is 28.5 Å². The molecule has 4 rings (SSSR count). The number of amidine groups is 1. The van der Waals surface area contributed by atoms with E-state index in [0.29, 0.717) is 42.2 Å². The monoisotopic (exact) mass is 422 g/mol. The molecule has 1 saturated heterocycles. The van der Waals surface area contributed by atoms with Gasteiger partial charge in [0.1, 0.15) is 11.6 Å². The molecule has 1 fully saturated rings. The third kappa shape index (κ3) is 3.69. The van der Waals surface area contributed by atoms with E-state index in [-0.39, 0.29) is 11.6 Å². The summed E-state index contributed by atoms with van der Waals surface area (Å²) in [5.74, 6) is -2.78. The lowest BCUT2D eigenvalue weighted by atomic mass is 9.75. The fourth-order valence-corrected chi connectivity index (χ4v) is 4.64. The average molecular weight is 422 g/mol. The van der Waals surface area contributed by atoms with Gasteiger partial charge in [-0.1, -0.05) is 11.8 Å². The van der Waals surface area contributed by atoms with Crippen LogP contribution in [-0.2, 0) is 10.3 Å². The first-order valence-electron chi connectivity index (χ1n) is 8.87. The summed E-state index contributed by atoms with van der Waals surface area (Å²) < 4.78 is 47.2. The van der Waals surface area contributed by atoms with Crippen molar-refractivity contribution in [3.05, 3.63) is 59.2 Å². The molecule has 2 unspecified atom stereocenters. The molecule has 1 amide bonds. The number of thioether (sulfide) groups is 1. The number of ether oxygens (including phenoxy) is 1. The van der Waals surface area contributed by atoms with E-state index in [1.54, 1.807) is 0 Å². The molecule has 0 spiro atoms. The largest absolute Gasteiger partial charge is 0.381 e. The van der Waals surface area contributed by atoms with Gasteiger partial charge in [0.05, 0.1) is 18.3 Å². The number of carbonyl (C=O) groups is 1. The summed E-state index contributed by atoms with van der Waals surface area (Å²) >= 11 is 1.39. The molecule has 6 nitrogen and oxygen atoms in total. The molecule has 1 aromatic heterocycles. The zero-order valence-corrected chi connectivity index (χ0v) is 15.9. The Morgan fingerprint density at radius 1 is 1.28 bits per heavy atom. The molecule has 152 valence electrons. The number of nitrogens with zero attached hydrogens (tertiary/aromatic N) is 2. The molecule has 2 aromatic rings. The number of amides is 1. The van der Waals surface area contributed by atoms with Gasteiger partial charge in [-0.15, -0.1) is 0 Å². The van der Waals surface area contributed by atoms with Crippen LogP contribution in [0.4, 0.5) is 18.9 Å². The number of anilines is 1. The number of hydrogen-bond acceptors (Lipinski definition) is 6. The number of nitrogens with one attached hydrogen (secondary N) is 1. The quantitative estimate of drug-likeness (QED) is 0.794. The van der Waals surface area contributed by atoms with Gasteiger partial charge in [0.2, 0.25) is 0 Å². The van der Waals surface area contributed by atoms with Crippen LogP contribution < -0.4 is 11.1 Å². The predicted octanol–water partition coefficient (Wildman–Crippen LogP) is 3.04. The van der Waals surface area contributed by atoms with Crippen LogP contribution in [-0.4, -0.2) is 35.0 Å². The molecule has 1 aromatic carbocycles. The Bertz CT molecular complexity index is 1000. The van der Waals surface area contributed by atoms with Crippen LogP contribution in [0, 0.1) is 23.4 Å². The van der Waals surface area contributed by atoms with Crippen molar-refractivity contribution in [2.45, 2.75) is 12.0 Å². The molecule has 2 aliphatic rings. The van der Waals surface area contributed by atoms with E-state index < -0.39 is 34.6 Å². The van der Waals surface area contributed by atoms with Crippen molar-refractivity contribution in [2.75, 3.05) is 24.3 Å². The van der Waals surface area contributed by atoms with E-state index >= 15 is 0 Å². The fraction of sp³-hybridized carbons (Fsp3) is 0.316. The smallest absolute Gasteiger partial charge is 0.277 e. The number of pyridine rings is 1. The maximum Gasteiger partial charge on any atom is 0.277 e. The zero-order chi connectivity index (χ0) is 20.6. The number of fused-ring (bicyclic) bond motifs is 1. The minimum absolute atomic E-state index is 0.0785. The first-order valence-corrected chi connectivity index (χ1v) is 9.86. The molecular weight excluding hydrogens is 405 g/mol. The molecule has 2 aliphatic heterocycles. The maximum atomic E-state index is 14.8.